The second kappa shape index (κ2) is 6.72. The maximum absolute atomic E-state index is 13.5. The number of likely N-dealkylation sites (N-methyl/N-ethyl adjacent to an activating group) is 1. The normalized spacial score (nSPS) is 16.5. The van der Waals surface area contributed by atoms with Gasteiger partial charge in [-0.3, -0.25) is 4.79 Å². The van der Waals surface area contributed by atoms with Crippen molar-refractivity contribution in [2.24, 2.45) is 5.73 Å². The third-order valence-corrected chi connectivity index (χ3v) is 4.67. The highest BCUT2D eigenvalue weighted by atomic mass is 35.5. The topological polar surface area (TPSA) is 75.4 Å². The Morgan fingerprint density at radius 2 is 2.12 bits per heavy atom. The van der Waals surface area contributed by atoms with E-state index in [0.717, 1.165) is 16.8 Å². The number of anilines is 1. The van der Waals surface area contributed by atoms with Crippen LogP contribution in [0.4, 0.5) is 14.9 Å². The largest absolute Gasteiger partial charge is 0.352 e. The Kier molecular flexibility index (Phi) is 4.63. The molecule has 0 saturated carbocycles. The van der Waals surface area contributed by atoms with Crippen molar-refractivity contribution in [3.05, 3.63) is 63.9 Å². The minimum Gasteiger partial charge on any atom is -0.352 e. The van der Waals surface area contributed by atoms with Gasteiger partial charge in [0.05, 0.1) is 5.69 Å². The molecule has 0 fully saturated rings. The van der Waals surface area contributed by atoms with Gasteiger partial charge in [0, 0.05) is 24.9 Å². The number of carbonyl (C=O) groups is 2. The average molecular weight is 362 g/mol. The summed E-state index contributed by atoms with van der Waals surface area (Å²) in [6.45, 7) is 0. The summed E-state index contributed by atoms with van der Waals surface area (Å²) in [6.07, 6.45) is 0.747. The fourth-order valence-corrected chi connectivity index (χ4v) is 3.39. The predicted molar refractivity (Wildman–Crippen MR) is 94.3 cm³/mol. The number of nitrogens with zero attached hydrogens (tertiary/aromatic N) is 1. The minimum atomic E-state index is -0.738. The van der Waals surface area contributed by atoms with Gasteiger partial charge in [-0.25, -0.2) is 9.18 Å². The van der Waals surface area contributed by atoms with E-state index in [1.807, 2.05) is 18.2 Å². The number of primary amides is 1. The molecule has 2 aromatic carbocycles. The fraction of sp³-hybridized carbons (Fsp3) is 0.222. The maximum atomic E-state index is 13.5. The molecule has 0 saturated heterocycles. The van der Waals surface area contributed by atoms with E-state index in [1.54, 1.807) is 7.05 Å². The SMILES string of the molecule is CN1C(=O)[C@H](NC(N)=O)Cc2cccc(Cc3cc(F)ccc3Cl)c21. The van der Waals surface area contributed by atoms with Gasteiger partial charge in [-0.15, -0.1) is 0 Å². The van der Waals surface area contributed by atoms with E-state index in [1.165, 1.54) is 23.1 Å². The lowest BCUT2D eigenvalue weighted by Crippen LogP contribution is -2.53. The van der Waals surface area contributed by atoms with Crippen LogP contribution in [0.15, 0.2) is 36.4 Å². The Balaban J connectivity index is 1.98. The number of carbonyl (C=O) groups excluding carboxylic acids is 2. The van der Waals surface area contributed by atoms with E-state index in [-0.39, 0.29) is 11.7 Å². The average Bonchev–Trinajstić information content (AvgIpc) is 2.55. The number of para-hydroxylation sites is 1. The van der Waals surface area contributed by atoms with Crippen LogP contribution in [0.2, 0.25) is 5.02 Å². The van der Waals surface area contributed by atoms with Crippen LogP contribution in [0.25, 0.3) is 0 Å². The van der Waals surface area contributed by atoms with Gasteiger partial charge in [0.25, 0.3) is 0 Å². The Morgan fingerprint density at radius 3 is 2.84 bits per heavy atom. The molecule has 0 spiro atoms. The molecular formula is C18H17ClFN3O2. The molecular weight excluding hydrogens is 345 g/mol. The quantitative estimate of drug-likeness (QED) is 0.881. The van der Waals surface area contributed by atoms with Crippen molar-refractivity contribution in [1.82, 2.24) is 5.32 Å². The third-order valence-electron chi connectivity index (χ3n) is 4.30. The number of hydrogen-bond donors (Lipinski definition) is 2. The van der Waals surface area contributed by atoms with Crippen molar-refractivity contribution in [2.45, 2.75) is 18.9 Å². The molecule has 0 radical (unpaired) electrons. The first kappa shape index (κ1) is 17.2. The van der Waals surface area contributed by atoms with Gasteiger partial charge in [-0.05, 0) is 34.9 Å². The Morgan fingerprint density at radius 1 is 1.36 bits per heavy atom. The van der Waals surface area contributed by atoms with E-state index < -0.39 is 12.1 Å². The van der Waals surface area contributed by atoms with Gasteiger partial charge < -0.3 is 16.0 Å². The van der Waals surface area contributed by atoms with Gasteiger partial charge in [0.2, 0.25) is 5.91 Å². The Hall–Kier alpha value is -2.60. The van der Waals surface area contributed by atoms with Crippen molar-refractivity contribution in [3.8, 4) is 0 Å². The maximum Gasteiger partial charge on any atom is 0.312 e. The molecule has 130 valence electrons. The first-order valence-electron chi connectivity index (χ1n) is 7.75. The molecule has 0 bridgehead atoms. The van der Waals surface area contributed by atoms with Crippen LogP contribution in [-0.4, -0.2) is 25.0 Å². The minimum absolute atomic E-state index is 0.246. The van der Waals surface area contributed by atoms with Crippen molar-refractivity contribution in [3.63, 3.8) is 0 Å². The number of urea groups is 1. The number of rotatable bonds is 3. The van der Waals surface area contributed by atoms with Crippen LogP contribution in [0.1, 0.15) is 16.7 Å². The number of benzene rings is 2. The highest BCUT2D eigenvalue weighted by molar-refractivity contribution is 6.31. The standard InChI is InChI=1S/C18H17ClFN3O2/c1-23-16-10(7-12-8-13(20)5-6-14(12)19)3-2-4-11(16)9-15(17(23)24)22-18(21)25/h2-6,8,15H,7,9H2,1H3,(H3,21,22,25)/t15-/m1/s1. The molecule has 2 aromatic rings. The summed E-state index contributed by atoms with van der Waals surface area (Å²) in [5.74, 6) is -0.608. The summed E-state index contributed by atoms with van der Waals surface area (Å²) >= 11 is 6.17. The molecule has 0 unspecified atom stereocenters. The molecule has 1 aliphatic rings. The molecule has 3 rings (SSSR count). The number of fused-ring (bicyclic) bond motifs is 1. The molecule has 7 heteroatoms. The lowest BCUT2D eigenvalue weighted by molar-refractivity contribution is -0.120. The van der Waals surface area contributed by atoms with Gasteiger partial charge in [-0.1, -0.05) is 29.8 Å². The zero-order chi connectivity index (χ0) is 18.1. The van der Waals surface area contributed by atoms with Crippen LogP contribution in [0.3, 0.4) is 0 Å². The van der Waals surface area contributed by atoms with Gasteiger partial charge >= 0.3 is 6.03 Å². The van der Waals surface area contributed by atoms with E-state index in [9.17, 15) is 14.0 Å². The summed E-state index contributed by atoms with van der Waals surface area (Å²) in [6, 6.07) is 8.43. The number of hydrogen-bond acceptors (Lipinski definition) is 2. The fourth-order valence-electron chi connectivity index (χ4n) is 3.20. The van der Waals surface area contributed by atoms with Crippen LogP contribution in [0, 0.1) is 5.82 Å². The van der Waals surface area contributed by atoms with Crippen molar-refractivity contribution in [2.75, 3.05) is 11.9 Å². The van der Waals surface area contributed by atoms with Gasteiger partial charge in [0.1, 0.15) is 11.9 Å². The van der Waals surface area contributed by atoms with E-state index >= 15 is 0 Å². The molecule has 3 amide bonds. The van der Waals surface area contributed by atoms with Crippen molar-refractivity contribution >= 4 is 29.2 Å². The Bertz CT molecular complexity index is 856. The molecule has 0 aliphatic carbocycles. The molecule has 1 atom stereocenters. The third kappa shape index (κ3) is 3.44. The van der Waals surface area contributed by atoms with Crippen molar-refractivity contribution in [1.29, 1.82) is 0 Å². The lowest BCUT2D eigenvalue weighted by Gasteiger charge is -2.33. The van der Waals surface area contributed by atoms with Gasteiger partial charge in [0.15, 0.2) is 0 Å². The monoisotopic (exact) mass is 361 g/mol. The van der Waals surface area contributed by atoms with E-state index in [4.69, 9.17) is 17.3 Å². The zero-order valence-corrected chi connectivity index (χ0v) is 14.3. The van der Waals surface area contributed by atoms with Crippen LogP contribution in [-0.2, 0) is 17.6 Å². The molecule has 1 aliphatic heterocycles. The molecule has 3 N–H and O–H groups in total. The molecule has 1 heterocycles. The van der Waals surface area contributed by atoms with Crippen LogP contribution >= 0.6 is 11.6 Å². The molecule has 25 heavy (non-hydrogen) atoms. The van der Waals surface area contributed by atoms with Crippen LogP contribution < -0.4 is 16.0 Å². The zero-order valence-electron chi connectivity index (χ0n) is 13.6. The number of amides is 3. The highest BCUT2D eigenvalue weighted by Crippen LogP contribution is 2.33. The second-order valence-corrected chi connectivity index (χ2v) is 6.41. The van der Waals surface area contributed by atoms with Gasteiger partial charge in [-0.2, -0.15) is 0 Å². The summed E-state index contributed by atoms with van der Waals surface area (Å²) in [4.78, 5) is 25.1. The predicted octanol–water partition coefficient (Wildman–Crippen LogP) is 2.63. The lowest BCUT2D eigenvalue weighted by atomic mass is 9.92. The summed E-state index contributed by atoms with van der Waals surface area (Å²) < 4.78 is 13.5. The van der Waals surface area contributed by atoms with E-state index in [2.05, 4.69) is 5.32 Å². The molecule has 5 nitrogen and oxygen atoms in total. The summed E-state index contributed by atoms with van der Waals surface area (Å²) in [5.41, 5.74) is 8.32. The van der Waals surface area contributed by atoms with E-state index in [0.29, 0.717) is 23.4 Å². The number of nitrogens with one attached hydrogen (secondary N) is 1. The summed E-state index contributed by atoms with van der Waals surface area (Å²) in [5, 5.41) is 2.93. The first-order valence-corrected chi connectivity index (χ1v) is 8.13. The highest BCUT2D eigenvalue weighted by Gasteiger charge is 2.32. The number of nitrogens with two attached hydrogens (primary N) is 1. The Labute approximate surface area is 149 Å². The second-order valence-electron chi connectivity index (χ2n) is 6.00. The number of halogens is 2. The smallest absolute Gasteiger partial charge is 0.312 e. The summed E-state index contributed by atoms with van der Waals surface area (Å²) in [7, 11) is 1.65. The van der Waals surface area contributed by atoms with Crippen LogP contribution in [0.5, 0.6) is 0 Å². The molecule has 0 aromatic heterocycles. The first-order chi connectivity index (χ1) is 11.9. The van der Waals surface area contributed by atoms with Crippen molar-refractivity contribution < 1.29 is 14.0 Å².